The van der Waals surface area contributed by atoms with Gasteiger partial charge in [0.05, 0.1) is 20.3 Å². The lowest BCUT2D eigenvalue weighted by molar-refractivity contribution is 0.158. The summed E-state index contributed by atoms with van der Waals surface area (Å²) >= 11 is 0. The molecular formula is C18H23NO2. The van der Waals surface area contributed by atoms with Gasteiger partial charge in [-0.05, 0) is 41.5 Å². The molecule has 0 heterocycles. The zero-order valence-electron chi connectivity index (χ0n) is 12.8. The van der Waals surface area contributed by atoms with Gasteiger partial charge in [-0.3, -0.25) is 0 Å². The van der Waals surface area contributed by atoms with E-state index >= 15 is 0 Å². The molecule has 3 nitrogen and oxygen atoms in total. The van der Waals surface area contributed by atoms with Crippen molar-refractivity contribution in [3.8, 4) is 5.75 Å². The summed E-state index contributed by atoms with van der Waals surface area (Å²) in [7, 11) is 1.69. The summed E-state index contributed by atoms with van der Waals surface area (Å²) in [6, 6.07) is 12.6. The van der Waals surface area contributed by atoms with Crippen LogP contribution in [0.5, 0.6) is 5.75 Å². The zero-order valence-corrected chi connectivity index (χ0v) is 12.8. The Balaban J connectivity index is 1.84. The summed E-state index contributed by atoms with van der Waals surface area (Å²) in [5, 5.41) is 5.81. The third-order valence-electron chi connectivity index (χ3n) is 3.21. The van der Waals surface area contributed by atoms with Crippen molar-refractivity contribution >= 4 is 10.8 Å². The van der Waals surface area contributed by atoms with E-state index < -0.39 is 0 Å². The molecule has 0 radical (unpaired) electrons. The van der Waals surface area contributed by atoms with Crippen molar-refractivity contribution in [1.82, 2.24) is 5.32 Å². The van der Waals surface area contributed by atoms with E-state index in [1.807, 2.05) is 13.0 Å². The molecule has 0 aromatic heterocycles. The van der Waals surface area contributed by atoms with Crippen molar-refractivity contribution in [1.29, 1.82) is 0 Å². The maximum atomic E-state index is 5.45. The predicted molar refractivity (Wildman–Crippen MR) is 87.8 cm³/mol. The van der Waals surface area contributed by atoms with Gasteiger partial charge < -0.3 is 14.8 Å². The van der Waals surface area contributed by atoms with E-state index in [0.717, 1.165) is 24.4 Å². The highest BCUT2D eigenvalue weighted by molar-refractivity contribution is 5.84. The smallest absolute Gasteiger partial charge is 0.119 e. The quantitative estimate of drug-likeness (QED) is 0.594. The minimum Gasteiger partial charge on any atom is -0.497 e. The molecule has 0 saturated carbocycles. The second-order valence-corrected chi connectivity index (χ2v) is 5.23. The summed E-state index contributed by atoms with van der Waals surface area (Å²) in [4.78, 5) is 0. The summed E-state index contributed by atoms with van der Waals surface area (Å²) < 4.78 is 10.7. The van der Waals surface area contributed by atoms with Crippen LogP contribution in [0.25, 0.3) is 10.8 Å². The van der Waals surface area contributed by atoms with Crippen LogP contribution < -0.4 is 10.1 Å². The molecule has 0 saturated heterocycles. The van der Waals surface area contributed by atoms with Gasteiger partial charge >= 0.3 is 0 Å². The first kappa shape index (κ1) is 15.5. The van der Waals surface area contributed by atoms with Crippen LogP contribution in [-0.4, -0.2) is 26.9 Å². The Morgan fingerprint density at radius 3 is 2.67 bits per heavy atom. The van der Waals surface area contributed by atoms with Crippen molar-refractivity contribution in [3.63, 3.8) is 0 Å². The third-order valence-corrected chi connectivity index (χ3v) is 3.21. The van der Waals surface area contributed by atoms with Crippen LogP contribution in [0.1, 0.15) is 12.5 Å². The van der Waals surface area contributed by atoms with Gasteiger partial charge in [-0.25, -0.2) is 0 Å². The van der Waals surface area contributed by atoms with Gasteiger partial charge in [0.1, 0.15) is 5.75 Å². The Morgan fingerprint density at radius 2 is 1.90 bits per heavy atom. The molecule has 2 aromatic carbocycles. The first-order chi connectivity index (χ1) is 10.2. The van der Waals surface area contributed by atoms with E-state index in [9.17, 15) is 0 Å². The number of nitrogens with one attached hydrogen (secondary N) is 1. The number of fused-ring (bicyclic) bond motifs is 1. The number of methoxy groups -OCH3 is 1. The SMILES string of the molecule is C=C(C)COCCNCc1ccc2cc(OC)ccc2c1. The highest BCUT2D eigenvalue weighted by Gasteiger charge is 1.99. The highest BCUT2D eigenvalue weighted by atomic mass is 16.5. The Bertz CT molecular complexity index is 607. The standard InChI is InChI=1S/C18H23NO2/c1-14(2)13-21-9-8-19-12-15-4-5-17-11-18(20-3)7-6-16(17)10-15/h4-7,10-11,19H,1,8-9,12-13H2,2-3H3. The minimum atomic E-state index is 0.638. The van der Waals surface area contributed by atoms with Gasteiger partial charge in [-0.1, -0.05) is 30.4 Å². The molecule has 112 valence electrons. The highest BCUT2D eigenvalue weighted by Crippen LogP contribution is 2.21. The fourth-order valence-electron chi connectivity index (χ4n) is 2.13. The van der Waals surface area contributed by atoms with Gasteiger partial charge in [0.15, 0.2) is 0 Å². The molecule has 0 aliphatic carbocycles. The summed E-state index contributed by atoms with van der Waals surface area (Å²) in [6.45, 7) is 8.81. The Labute approximate surface area is 126 Å². The summed E-state index contributed by atoms with van der Waals surface area (Å²) in [5.41, 5.74) is 2.33. The van der Waals surface area contributed by atoms with Gasteiger partial charge in [0, 0.05) is 13.1 Å². The van der Waals surface area contributed by atoms with Crippen LogP contribution in [-0.2, 0) is 11.3 Å². The fourth-order valence-corrected chi connectivity index (χ4v) is 2.13. The first-order valence-corrected chi connectivity index (χ1v) is 7.18. The molecule has 0 aliphatic rings. The normalized spacial score (nSPS) is 10.8. The topological polar surface area (TPSA) is 30.5 Å². The lowest BCUT2D eigenvalue weighted by atomic mass is 10.1. The maximum absolute atomic E-state index is 5.45. The Hall–Kier alpha value is -1.84. The third kappa shape index (κ3) is 4.88. The van der Waals surface area contributed by atoms with Crippen molar-refractivity contribution < 1.29 is 9.47 Å². The predicted octanol–water partition coefficient (Wildman–Crippen LogP) is 3.53. The van der Waals surface area contributed by atoms with E-state index in [1.165, 1.54) is 16.3 Å². The lowest BCUT2D eigenvalue weighted by Crippen LogP contribution is -2.19. The second-order valence-electron chi connectivity index (χ2n) is 5.23. The Morgan fingerprint density at radius 1 is 1.14 bits per heavy atom. The fraction of sp³-hybridized carbons (Fsp3) is 0.333. The van der Waals surface area contributed by atoms with Gasteiger partial charge in [0.25, 0.3) is 0 Å². The van der Waals surface area contributed by atoms with Crippen LogP contribution in [0.4, 0.5) is 0 Å². The largest absolute Gasteiger partial charge is 0.497 e. The van der Waals surface area contributed by atoms with E-state index in [2.05, 4.69) is 42.2 Å². The van der Waals surface area contributed by atoms with Crippen LogP contribution in [0.15, 0.2) is 48.6 Å². The molecule has 0 bridgehead atoms. The van der Waals surface area contributed by atoms with Gasteiger partial charge in [-0.2, -0.15) is 0 Å². The van der Waals surface area contributed by atoms with Crippen molar-refractivity contribution in [3.05, 3.63) is 54.1 Å². The molecule has 21 heavy (non-hydrogen) atoms. The van der Waals surface area contributed by atoms with Crippen LogP contribution in [0.3, 0.4) is 0 Å². The Kier molecular flexibility index (Phi) is 5.78. The van der Waals surface area contributed by atoms with Crippen LogP contribution in [0, 0.1) is 0 Å². The number of rotatable bonds is 8. The molecule has 0 fully saturated rings. The number of hydrogen-bond acceptors (Lipinski definition) is 3. The average Bonchev–Trinajstić information content (AvgIpc) is 2.49. The van der Waals surface area contributed by atoms with Gasteiger partial charge in [0.2, 0.25) is 0 Å². The van der Waals surface area contributed by atoms with Gasteiger partial charge in [-0.15, -0.1) is 0 Å². The molecule has 3 heteroatoms. The average molecular weight is 285 g/mol. The second kappa shape index (κ2) is 7.81. The molecule has 2 rings (SSSR count). The monoisotopic (exact) mass is 285 g/mol. The molecule has 0 aliphatic heterocycles. The minimum absolute atomic E-state index is 0.638. The van der Waals surface area contributed by atoms with Crippen molar-refractivity contribution in [2.45, 2.75) is 13.5 Å². The van der Waals surface area contributed by atoms with E-state index in [0.29, 0.717) is 13.2 Å². The molecule has 0 amide bonds. The summed E-state index contributed by atoms with van der Waals surface area (Å²) in [5.74, 6) is 0.892. The molecule has 0 unspecified atom stereocenters. The van der Waals surface area contributed by atoms with Crippen molar-refractivity contribution in [2.24, 2.45) is 0 Å². The van der Waals surface area contributed by atoms with E-state index in [1.54, 1.807) is 7.11 Å². The molecule has 1 N–H and O–H groups in total. The maximum Gasteiger partial charge on any atom is 0.119 e. The van der Waals surface area contributed by atoms with Crippen LogP contribution in [0.2, 0.25) is 0 Å². The summed E-state index contributed by atoms with van der Waals surface area (Å²) in [6.07, 6.45) is 0. The van der Waals surface area contributed by atoms with Crippen molar-refractivity contribution in [2.75, 3.05) is 26.9 Å². The zero-order chi connectivity index (χ0) is 15.1. The van der Waals surface area contributed by atoms with Crippen LogP contribution >= 0.6 is 0 Å². The first-order valence-electron chi connectivity index (χ1n) is 7.18. The number of ether oxygens (including phenoxy) is 2. The van der Waals surface area contributed by atoms with E-state index in [4.69, 9.17) is 9.47 Å². The number of hydrogen-bond donors (Lipinski definition) is 1. The lowest BCUT2D eigenvalue weighted by Gasteiger charge is -2.08. The molecule has 0 atom stereocenters. The molecule has 0 spiro atoms. The number of benzene rings is 2. The molecular weight excluding hydrogens is 262 g/mol. The van der Waals surface area contributed by atoms with E-state index in [-0.39, 0.29) is 0 Å². The molecule has 2 aromatic rings.